The van der Waals surface area contributed by atoms with Crippen molar-refractivity contribution in [2.24, 2.45) is 0 Å². The largest absolute Gasteiger partial charge is 0.444 e. The molecule has 0 spiro atoms. The third-order valence-electron chi connectivity index (χ3n) is 6.23. The summed E-state index contributed by atoms with van der Waals surface area (Å²) < 4.78 is 7.42. The number of carbonyl (C=O) groups is 2. The van der Waals surface area contributed by atoms with Gasteiger partial charge in [0.25, 0.3) is 5.91 Å². The summed E-state index contributed by atoms with van der Waals surface area (Å²) in [6.45, 7) is 9.06. The number of nitrogens with one attached hydrogen (secondary N) is 1. The molecular weight excluding hydrogens is 476 g/mol. The lowest BCUT2D eigenvalue weighted by Gasteiger charge is -2.34. The lowest BCUT2D eigenvalue weighted by Crippen LogP contribution is -2.41. The smallest absolute Gasteiger partial charge is 0.410 e. The molecule has 1 N–H and O–H groups in total. The Balaban J connectivity index is 1.58. The highest BCUT2D eigenvalue weighted by Crippen LogP contribution is 2.33. The standard InChI is InChI=1S/C28H33ClN4O3/c1-19-8-7-10-22(16-19)33-25(20-12-14-32(15-13-20)27(35)36-28(2,3)4)23(18-31-33)26(34)30-17-21-9-5-6-11-24(21)29/h5-11,16,18,20H,12-15,17H2,1-4H3,(H,30,34). The molecule has 2 heterocycles. The van der Waals surface area contributed by atoms with Gasteiger partial charge < -0.3 is 15.0 Å². The summed E-state index contributed by atoms with van der Waals surface area (Å²) in [5, 5.41) is 8.24. The molecule has 1 aliphatic heterocycles. The Hall–Kier alpha value is -3.32. The van der Waals surface area contributed by atoms with E-state index in [9.17, 15) is 9.59 Å². The number of benzene rings is 2. The van der Waals surface area contributed by atoms with Crippen molar-refractivity contribution >= 4 is 23.6 Å². The van der Waals surface area contributed by atoms with Gasteiger partial charge in [-0.05, 0) is 69.9 Å². The van der Waals surface area contributed by atoms with E-state index in [2.05, 4.69) is 16.5 Å². The van der Waals surface area contributed by atoms with Crippen molar-refractivity contribution in [1.29, 1.82) is 0 Å². The number of aryl methyl sites for hydroxylation is 1. The summed E-state index contributed by atoms with van der Waals surface area (Å²) >= 11 is 6.27. The van der Waals surface area contributed by atoms with E-state index in [1.54, 1.807) is 11.1 Å². The van der Waals surface area contributed by atoms with E-state index in [0.29, 0.717) is 43.1 Å². The molecule has 7 nitrogen and oxygen atoms in total. The van der Waals surface area contributed by atoms with Gasteiger partial charge in [-0.3, -0.25) is 4.79 Å². The van der Waals surface area contributed by atoms with Crippen molar-refractivity contribution in [2.45, 2.75) is 58.6 Å². The van der Waals surface area contributed by atoms with Crippen LogP contribution in [0, 0.1) is 6.92 Å². The number of rotatable bonds is 5. The van der Waals surface area contributed by atoms with Crippen molar-refractivity contribution in [3.8, 4) is 5.69 Å². The van der Waals surface area contributed by atoms with Crippen LogP contribution in [0.25, 0.3) is 5.69 Å². The first-order valence-electron chi connectivity index (χ1n) is 12.3. The van der Waals surface area contributed by atoms with Crippen LogP contribution in [0.2, 0.25) is 5.02 Å². The lowest BCUT2D eigenvalue weighted by molar-refractivity contribution is 0.0203. The van der Waals surface area contributed by atoms with Gasteiger partial charge in [0, 0.05) is 30.6 Å². The summed E-state index contributed by atoms with van der Waals surface area (Å²) in [6, 6.07) is 15.5. The van der Waals surface area contributed by atoms with E-state index < -0.39 is 5.60 Å². The van der Waals surface area contributed by atoms with E-state index >= 15 is 0 Å². The molecule has 0 unspecified atom stereocenters. The normalized spacial score (nSPS) is 14.5. The second-order valence-corrected chi connectivity index (χ2v) is 10.6. The third-order valence-corrected chi connectivity index (χ3v) is 6.60. The first-order chi connectivity index (χ1) is 17.1. The molecule has 8 heteroatoms. The maximum Gasteiger partial charge on any atom is 0.410 e. The number of likely N-dealkylation sites (tertiary alicyclic amines) is 1. The predicted molar refractivity (Wildman–Crippen MR) is 141 cm³/mol. The van der Waals surface area contributed by atoms with Crippen LogP contribution in [0.3, 0.4) is 0 Å². The van der Waals surface area contributed by atoms with Crippen LogP contribution in [0.15, 0.2) is 54.7 Å². The van der Waals surface area contributed by atoms with Gasteiger partial charge in [-0.25, -0.2) is 9.48 Å². The first kappa shape index (κ1) is 25.8. The van der Waals surface area contributed by atoms with Gasteiger partial charge in [-0.15, -0.1) is 0 Å². The fourth-order valence-electron chi connectivity index (χ4n) is 4.47. The average Bonchev–Trinajstić information content (AvgIpc) is 3.28. The van der Waals surface area contributed by atoms with Gasteiger partial charge in [0.2, 0.25) is 0 Å². The molecule has 190 valence electrons. The second-order valence-electron chi connectivity index (χ2n) is 10.2. The van der Waals surface area contributed by atoms with E-state index in [-0.39, 0.29) is 17.9 Å². The predicted octanol–water partition coefficient (Wildman–Crippen LogP) is 5.88. The minimum absolute atomic E-state index is 0.0627. The molecule has 2 amide bonds. The fraction of sp³-hybridized carbons (Fsp3) is 0.393. The van der Waals surface area contributed by atoms with Gasteiger partial charge in [-0.1, -0.05) is 41.9 Å². The molecule has 3 aromatic rings. The van der Waals surface area contributed by atoms with Crippen LogP contribution in [0.4, 0.5) is 4.79 Å². The Bertz CT molecular complexity index is 1240. The van der Waals surface area contributed by atoms with Gasteiger partial charge in [0.05, 0.1) is 23.1 Å². The highest BCUT2D eigenvalue weighted by molar-refractivity contribution is 6.31. The number of hydrogen-bond acceptors (Lipinski definition) is 4. The summed E-state index contributed by atoms with van der Waals surface area (Å²) in [5.74, 6) is -0.133. The zero-order valence-electron chi connectivity index (χ0n) is 21.3. The number of carbonyl (C=O) groups excluding carboxylic acids is 2. The van der Waals surface area contributed by atoms with E-state index in [1.807, 2.05) is 74.8 Å². The molecule has 4 rings (SSSR count). The number of ether oxygens (including phenoxy) is 1. The Labute approximate surface area is 217 Å². The summed E-state index contributed by atoms with van der Waals surface area (Å²) in [4.78, 5) is 27.7. The number of aromatic nitrogens is 2. The molecule has 0 bridgehead atoms. The van der Waals surface area contributed by atoms with Crippen molar-refractivity contribution in [2.75, 3.05) is 13.1 Å². The van der Waals surface area contributed by atoms with E-state index in [0.717, 1.165) is 22.5 Å². The molecule has 1 saturated heterocycles. The quantitative estimate of drug-likeness (QED) is 0.467. The topological polar surface area (TPSA) is 76.5 Å². The molecule has 0 saturated carbocycles. The molecule has 36 heavy (non-hydrogen) atoms. The summed E-state index contributed by atoms with van der Waals surface area (Å²) in [6.07, 6.45) is 2.76. The van der Waals surface area contributed by atoms with E-state index in [1.165, 1.54) is 0 Å². The highest BCUT2D eigenvalue weighted by atomic mass is 35.5. The van der Waals surface area contributed by atoms with Crippen molar-refractivity contribution in [3.63, 3.8) is 0 Å². The number of amides is 2. The minimum Gasteiger partial charge on any atom is -0.444 e. The van der Waals surface area contributed by atoms with Crippen LogP contribution < -0.4 is 5.32 Å². The Morgan fingerprint density at radius 2 is 1.83 bits per heavy atom. The highest BCUT2D eigenvalue weighted by Gasteiger charge is 2.32. The maximum absolute atomic E-state index is 13.3. The zero-order chi connectivity index (χ0) is 25.9. The van der Waals surface area contributed by atoms with Crippen LogP contribution in [0.5, 0.6) is 0 Å². The van der Waals surface area contributed by atoms with Gasteiger partial charge >= 0.3 is 6.09 Å². The van der Waals surface area contributed by atoms with Crippen LogP contribution in [-0.2, 0) is 11.3 Å². The van der Waals surface area contributed by atoms with Crippen molar-refractivity contribution < 1.29 is 14.3 Å². The lowest BCUT2D eigenvalue weighted by atomic mass is 9.90. The number of halogens is 1. The Morgan fingerprint density at radius 3 is 2.50 bits per heavy atom. The van der Waals surface area contributed by atoms with Crippen LogP contribution >= 0.6 is 11.6 Å². The molecule has 1 aliphatic rings. The molecule has 1 aromatic heterocycles. The van der Waals surface area contributed by atoms with Crippen LogP contribution in [0.1, 0.15) is 66.7 Å². The third kappa shape index (κ3) is 6.08. The SMILES string of the molecule is Cc1cccc(-n2ncc(C(=O)NCc3ccccc3Cl)c2C2CCN(C(=O)OC(C)(C)C)CC2)c1. The summed E-state index contributed by atoms with van der Waals surface area (Å²) in [5.41, 5.74) is 3.74. The zero-order valence-corrected chi connectivity index (χ0v) is 22.0. The number of piperidine rings is 1. The first-order valence-corrected chi connectivity index (χ1v) is 12.6. The van der Waals surface area contributed by atoms with Gasteiger partial charge in [-0.2, -0.15) is 5.10 Å². The van der Waals surface area contributed by atoms with E-state index in [4.69, 9.17) is 16.3 Å². The second kappa shape index (κ2) is 10.7. The average molecular weight is 509 g/mol. The summed E-state index contributed by atoms with van der Waals surface area (Å²) in [7, 11) is 0. The number of hydrogen-bond donors (Lipinski definition) is 1. The Morgan fingerprint density at radius 1 is 1.11 bits per heavy atom. The molecule has 1 fully saturated rings. The van der Waals surface area contributed by atoms with Crippen molar-refractivity contribution in [1.82, 2.24) is 20.0 Å². The Kier molecular flexibility index (Phi) is 7.69. The fourth-order valence-corrected chi connectivity index (χ4v) is 4.67. The molecule has 0 radical (unpaired) electrons. The molecule has 0 atom stereocenters. The van der Waals surface area contributed by atoms with Crippen LogP contribution in [-0.4, -0.2) is 45.4 Å². The maximum atomic E-state index is 13.3. The van der Waals surface area contributed by atoms with Gasteiger partial charge in [0.1, 0.15) is 5.60 Å². The molecule has 0 aliphatic carbocycles. The molecule has 2 aromatic carbocycles. The molecular formula is C28H33ClN4O3. The monoisotopic (exact) mass is 508 g/mol. The van der Waals surface area contributed by atoms with Crippen molar-refractivity contribution in [3.05, 3.63) is 82.1 Å². The van der Waals surface area contributed by atoms with Gasteiger partial charge in [0.15, 0.2) is 0 Å². The minimum atomic E-state index is -0.537. The number of nitrogens with zero attached hydrogens (tertiary/aromatic N) is 3.